The zero-order valence-electron chi connectivity index (χ0n) is 10.6. The number of aryl methyl sites for hydroxylation is 2. The molecule has 0 saturated heterocycles. The number of methoxy groups -OCH3 is 1. The highest BCUT2D eigenvalue weighted by molar-refractivity contribution is 9.09. The molecule has 1 atom stereocenters. The molecule has 0 spiro atoms. The number of rotatable bonds is 5. The summed E-state index contributed by atoms with van der Waals surface area (Å²) in [5, 5.41) is 0. The van der Waals surface area contributed by atoms with Crippen molar-refractivity contribution in [3.05, 3.63) is 28.8 Å². The van der Waals surface area contributed by atoms with E-state index in [0.29, 0.717) is 4.83 Å². The summed E-state index contributed by atoms with van der Waals surface area (Å²) in [7, 11) is 1.72. The van der Waals surface area contributed by atoms with Crippen molar-refractivity contribution in [1.82, 2.24) is 0 Å². The molecule has 0 bridgehead atoms. The van der Waals surface area contributed by atoms with Crippen LogP contribution in [0.4, 0.5) is 0 Å². The second-order valence-electron chi connectivity index (χ2n) is 4.33. The van der Waals surface area contributed by atoms with Crippen molar-refractivity contribution in [2.75, 3.05) is 7.11 Å². The van der Waals surface area contributed by atoms with Gasteiger partial charge in [0.05, 0.1) is 7.11 Å². The van der Waals surface area contributed by atoms with E-state index in [1.807, 2.05) is 0 Å². The van der Waals surface area contributed by atoms with Gasteiger partial charge in [-0.1, -0.05) is 29.3 Å². The van der Waals surface area contributed by atoms with Gasteiger partial charge in [-0.25, -0.2) is 0 Å². The lowest BCUT2D eigenvalue weighted by Crippen LogP contribution is -2.06. The van der Waals surface area contributed by atoms with Crippen LogP contribution in [-0.2, 0) is 6.42 Å². The summed E-state index contributed by atoms with van der Waals surface area (Å²) in [6.45, 7) is 6.55. The fraction of sp³-hybridized carbons (Fsp3) is 0.571. The molecular formula is C14H21BrO. The topological polar surface area (TPSA) is 9.23 Å². The van der Waals surface area contributed by atoms with Gasteiger partial charge < -0.3 is 4.74 Å². The van der Waals surface area contributed by atoms with Crippen LogP contribution in [0.15, 0.2) is 12.1 Å². The van der Waals surface area contributed by atoms with Crippen LogP contribution in [0.2, 0.25) is 0 Å². The standard InChI is InChI=1S/C14H21BrO/c1-5-6-12(15)9-14-10(2)7-13(16-4)8-11(14)3/h7-8,12H,5-6,9H2,1-4H3. The molecule has 0 aromatic heterocycles. The molecule has 0 aliphatic rings. The monoisotopic (exact) mass is 284 g/mol. The Kier molecular flexibility index (Phi) is 5.33. The third-order valence-corrected chi connectivity index (χ3v) is 3.71. The molecular weight excluding hydrogens is 264 g/mol. The van der Waals surface area contributed by atoms with Crippen LogP contribution in [0.1, 0.15) is 36.5 Å². The van der Waals surface area contributed by atoms with E-state index in [2.05, 4.69) is 48.8 Å². The minimum Gasteiger partial charge on any atom is -0.497 e. The molecule has 2 heteroatoms. The molecule has 0 N–H and O–H groups in total. The first-order valence-electron chi connectivity index (χ1n) is 5.86. The second-order valence-corrected chi connectivity index (χ2v) is 5.62. The number of benzene rings is 1. The fourth-order valence-corrected chi connectivity index (χ4v) is 2.81. The van der Waals surface area contributed by atoms with Crippen LogP contribution in [0.5, 0.6) is 5.75 Å². The molecule has 90 valence electrons. The summed E-state index contributed by atoms with van der Waals surface area (Å²) >= 11 is 3.75. The van der Waals surface area contributed by atoms with Crippen LogP contribution in [0.25, 0.3) is 0 Å². The summed E-state index contributed by atoms with van der Waals surface area (Å²) in [5.41, 5.74) is 4.12. The molecule has 1 aromatic carbocycles. The second kappa shape index (κ2) is 6.29. The first kappa shape index (κ1) is 13.6. The number of hydrogen-bond acceptors (Lipinski definition) is 1. The lowest BCUT2D eigenvalue weighted by molar-refractivity contribution is 0.414. The Morgan fingerprint density at radius 3 is 2.25 bits per heavy atom. The third-order valence-electron chi connectivity index (χ3n) is 2.93. The lowest BCUT2D eigenvalue weighted by atomic mass is 9.97. The van der Waals surface area contributed by atoms with Crippen molar-refractivity contribution in [3.8, 4) is 5.75 Å². The van der Waals surface area contributed by atoms with Gasteiger partial charge in [-0.3, -0.25) is 0 Å². The van der Waals surface area contributed by atoms with E-state index in [4.69, 9.17) is 4.74 Å². The van der Waals surface area contributed by atoms with E-state index < -0.39 is 0 Å². The van der Waals surface area contributed by atoms with Crippen molar-refractivity contribution in [2.45, 2.75) is 44.9 Å². The van der Waals surface area contributed by atoms with Crippen LogP contribution in [0, 0.1) is 13.8 Å². The SMILES string of the molecule is CCCC(Br)Cc1c(C)cc(OC)cc1C. The summed E-state index contributed by atoms with van der Waals surface area (Å²) < 4.78 is 5.27. The maximum atomic E-state index is 5.27. The quantitative estimate of drug-likeness (QED) is 0.728. The minimum absolute atomic E-state index is 0.586. The predicted octanol–water partition coefficient (Wildman–Crippen LogP) is 4.42. The van der Waals surface area contributed by atoms with Gasteiger partial charge in [0, 0.05) is 4.83 Å². The summed E-state index contributed by atoms with van der Waals surface area (Å²) in [6, 6.07) is 4.24. The number of halogens is 1. The molecule has 0 radical (unpaired) electrons. The van der Waals surface area contributed by atoms with Gasteiger partial charge in [-0.15, -0.1) is 0 Å². The van der Waals surface area contributed by atoms with E-state index >= 15 is 0 Å². The Morgan fingerprint density at radius 2 is 1.81 bits per heavy atom. The summed E-state index contributed by atoms with van der Waals surface area (Å²) in [5.74, 6) is 0.959. The highest BCUT2D eigenvalue weighted by atomic mass is 79.9. The maximum Gasteiger partial charge on any atom is 0.119 e. The van der Waals surface area contributed by atoms with Crippen molar-refractivity contribution in [2.24, 2.45) is 0 Å². The molecule has 0 fully saturated rings. The summed E-state index contributed by atoms with van der Waals surface area (Å²) in [4.78, 5) is 0.586. The molecule has 0 saturated carbocycles. The Labute approximate surface area is 107 Å². The largest absolute Gasteiger partial charge is 0.497 e. The van der Waals surface area contributed by atoms with E-state index in [1.165, 1.54) is 29.5 Å². The van der Waals surface area contributed by atoms with E-state index in [9.17, 15) is 0 Å². The van der Waals surface area contributed by atoms with E-state index in [1.54, 1.807) is 7.11 Å². The highest BCUT2D eigenvalue weighted by Gasteiger charge is 2.10. The minimum atomic E-state index is 0.586. The zero-order valence-corrected chi connectivity index (χ0v) is 12.2. The van der Waals surface area contributed by atoms with Crippen LogP contribution < -0.4 is 4.74 Å². The number of ether oxygens (including phenoxy) is 1. The molecule has 0 amide bonds. The third kappa shape index (κ3) is 3.51. The molecule has 1 unspecified atom stereocenters. The molecule has 1 nitrogen and oxygen atoms in total. The van der Waals surface area contributed by atoms with Gasteiger partial charge in [-0.2, -0.15) is 0 Å². The molecule has 1 aromatic rings. The van der Waals surface area contributed by atoms with Crippen LogP contribution in [0.3, 0.4) is 0 Å². The van der Waals surface area contributed by atoms with Gasteiger partial charge in [0.25, 0.3) is 0 Å². The molecule has 16 heavy (non-hydrogen) atoms. The molecule has 1 rings (SSSR count). The van der Waals surface area contributed by atoms with Crippen molar-refractivity contribution < 1.29 is 4.74 Å². The molecule has 0 aliphatic carbocycles. The number of hydrogen-bond donors (Lipinski definition) is 0. The Hall–Kier alpha value is -0.500. The van der Waals surface area contributed by atoms with Gasteiger partial charge in [0.15, 0.2) is 0 Å². The zero-order chi connectivity index (χ0) is 12.1. The Morgan fingerprint density at radius 1 is 1.25 bits per heavy atom. The van der Waals surface area contributed by atoms with E-state index in [-0.39, 0.29) is 0 Å². The summed E-state index contributed by atoms with van der Waals surface area (Å²) in [6.07, 6.45) is 3.56. The van der Waals surface area contributed by atoms with Crippen molar-refractivity contribution in [1.29, 1.82) is 0 Å². The normalized spacial score (nSPS) is 12.6. The average molecular weight is 285 g/mol. The lowest BCUT2D eigenvalue weighted by Gasteiger charge is -2.15. The number of alkyl halides is 1. The first-order valence-corrected chi connectivity index (χ1v) is 6.78. The highest BCUT2D eigenvalue weighted by Crippen LogP contribution is 2.25. The van der Waals surface area contributed by atoms with Crippen LogP contribution >= 0.6 is 15.9 Å². The smallest absolute Gasteiger partial charge is 0.119 e. The fourth-order valence-electron chi connectivity index (χ4n) is 2.03. The van der Waals surface area contributed by atoms with E-state index in [0.717, 1.165) is 12.2 Å². The maximum absolute atomic E-state index is 5.27. The Bertz CT molecular complexity index is 324. The van der Waals surface area contributed by atoms with Gasteiger partial charge >= 0.3 is 0 Å². The Balaban J connectivity index is 2.87. The average Bonchev–Trinajstić information content (AvgIpc) is 2.23. The molecule has 0 heterocycles. The van der Waals surface area contributed by atoms with Gasteiger partial charge in [0.1, 0.15) is 5.75 Å². The van der Waals surface area contributed by atoms with Gasteiger partial charge in [-0.05, 0) is 55.5 Å². The van der Waals surface area contributed by atoms with Gasteiger partial charge in [0.2, 0.25) is 0 Å². The predicted molar refractivity (Wildman–Crippen MR) is 73.8 cm³/mol. The first-order chi connectivity index (χ1) is 7.58. The van der Waals surface area contributed by atoms with Crippen molar-refractivity contribution in [3.63, 3.8) is 0 Å². The molecule has 0 aliphatic heterocycles. The van der Waals surface area contributed by atoms with Crippen molar-refractivity contribution >= 4 is 15.9 Å². The van der Waals surface area contributed by atoms with Crippen LogP contribution in [-0.4, -0.2) is 11.9 Å².